The zero-order valence-corrected chi connectivity index (χ0v) is 9.15. The summed E-state index contributed by atoms with van der Waals surface area (Å²) in [7, 11) is 0. The third-order valence-electron chi connectivity index (χ3n) is 3.07. The van der Waals surface area contributed by atoms with Crippen molar-refractivity contribution in [3.63, 3.8) is 0 Å². The smallest absolute Gasteiger partial charge is 0.158 e. The summed E-state index contributed by atoms with van der Waals surface area (Å²) >= 11 is 0. The number of rotatable bonds is 3. The Kier molecular flexibility index (Phi) is 3.23. The van der Waals surface area contributed by atoms with Crippen molar-refractivity contribution in [1.82, 2.24) is 0 Å². The van der Waals surface area contributed by atoms with E-state index >= 15 is 0 Å². The second kappa shape index (κ2) is 4.65. The van der Waals surface area contributed by atoms with Crippen molar-refractivity contribution >= 4 is 0 Å². The number of nitrogens with zero attached hydrogens (tertiary/aromatic N) is 1. The molecule has 0 aromatic heterocycles. The highest BCUT2D eigenvalue weighted by Crippen LogP contribution is 2.30. The van der Waals surface area contributed by atoms with Crippen molar-refractivity contribution in [1.29, 1.82) is 5.26 Å². The van der Waals surface area contributed by atoms with Crippen LogP contribution in [0.5, 0.6) is 0 Å². The van der Waals surface area contributed by atoms with E-state index in [-0.39, 0.29) is 13.2 Å². The quantitative estimate of drug-likeness (QED) is 0.833. The summed E-state index contributed by atoms with van der Waals surface area (Å²) in [4.78, 5) is 0. The third-order valence-corrected chi connectivity index (χ3v) is 3.07. The Morgan fingerprint density at radius 2 is 2.12 bits per heavy atom. The molecule has 1 aliphatic rings. The summed E-state index contributed by atoms with van der Waals surface area (Å²) in [5, 5.41) is 18.0. The van der Waals surface area contributed by atoms with Crippen molar-refractivity contribution < 1.29 is 9.84 Å². The van der Waals surface area contributed by atoms with Gasteiger partial charge in [-0.1, -0.05) is 24.3 Å². The van der Waals surface area contributed by atoms with Gasteiger partial charge in [-0.25, -0.2) is 0 Å². The molecule has 1 atom stereocenters. The van der Waals surface area contributed by atoms with Crippen LogP contribution in [-0.2, 0) is 17.6 Å². The molecule has 1 unspecified atom stereocenters. The first-order valence-corrected chi connectivity index (χ1v) is 5.52. The van der Waals surface area contributed by atoms with E-state index in [9.17, 15) is 5.26 Å². The molecule has 0 aliphatic heterocycles. The highest BCUT2D eigenvalue weighted by Gasteiger charge is 2.35. The Morgan fingerprint density at radius 3 is 2.81 bits per heavy atom. The van der Waals surface area contributed by atoms with Crippen LogP contribution >= 0.6 is 0 Å². The standard InChI is InChI=1S/C13H15NO2/c14-10-13(16-8-7-15)6-5-11-3-1-2-4-12(11)9-13/h1-4,15H,5-9H2. The van der Waals surface area contributed by atoms with Gasteiger partial charge in [-0.05, 0) is 24.0 Å². The van der Waals surface area contributed by atoms with Gasteiger partial charge in [-0.3, -0.25) is 0 Å². The van der Waals surface area contributed by atoms with Crippen LogP contribution in [0.1, 0.15) is 17.5 Å². The van der Waals surface area contributed by atoms with Gasteiger partial charge in [0.05, 0.1) is 19.3 Å². The van der Waals surface area contributed by atoms with E-state index in [0.29, 0.717) is 12.8 Å². The number of aliphatic hydroxyl groups excluding tert-OH is 1. The van der Waals surface area contributed by atoms with E-state index in [1.54, 1.807) is 0 Å². The molecular weight excluding hydrogens is 202 g/mol. The maximum Gasteiger partial charge on any atom is 0.158 e. The first-order valence-electron chi connectivity index (χ1n) is 5.52. The lowest BCUT2D eigenvalue weighted by Crippen LogP contribution is -2.38. The summed E-state index contributed by atoms with van der Waals surface area (Å²) < 4.78 is 5.51. The number of fused-ring (bicyclic) bond motifs is 1. The summed E-state index contributed by atoms with van der Waals surface area (Å²) in [6.45, 7) is 0.195. The van der Waals surface area contributed by atoms with Gasteiger partial charge >= 0.3 is 0 Å². The molecule has 0 heterocycles. The minimum absolute atomic E-state index is 0.0366. The number of hydrogen-bond acceptors (Lipinski definition) is 3. The van der Waals surface area contributed by atoms with Crippen LogP contribution in [0.4, 0.5) is 0 Å². The predicted molar refractivity (Wildman–Crippen MR) is 59.8 cm³/mol. The predicted octanol–water partition coefficient (Wildman–Crippen LogP) is 1.45. The molecule has 1 aliphatic carbocycles. The fourth-order valence-electron chi connectivity index (χ4n) is 2.20. The third kappa shape index (κ3) is 2.08. The number of ether oxygens (including phenoxy) is 1. The molecule has 0 spiro atoms. The number of hydrogen-bond donors (Lipinski definition) is 1. The van der Waals surface area contributed by atoms with Crippen molar-refractivity contribution in [2.45, 2.75) is 24.9 Å². The molecule has 0 saturated carbocycles. The first-order chi connectivity index (χ1) is 7.79. The van der Waals surface area contributed by atoms with Crippen LogP contribution in [-0.4, -0.2) is 23.9 Å². The van der Waals surface area contributed by atoms with Gasteiger partial charge in [0, 0.05) is 6.42 Å². The van der Waals surface area contributed by atoms with Crippen molar-refractivity contribution in [3.8, 4) is 6.07 Å². The first kappa shape index (κ1) is 11.1. The van der Waals surface area contributed by atoms with Crippen LogP contribution in [0.2, 0.25) is 0 Å². The van der Waals surface area contributed by atoms with E-state index in [1.807, 2.05) is 18.2 Å². The molecule has 0 amide bonds. The molecule has 2 rings (SSSR count). The van der Waals surface area contributed by atoms with Gasteiger partial charge in [-0.15, -0.1) is 0 Å². The molecule has 16 heavy (non-hydrogen) atoms. The lowest BCUT2D eigenvalue weighted by molar-refractivity contribution is -0.0275. The molecule has 0 saturated heterocycles. The summed E-state index contributed by atoms with van der Waals surface area (Å²) in [6, 6.07) is 10.4. The van der Waals surface area contributed by atoms with Gasteiger partial charge in [-0.2, -0.15) is 5.26 Å². The largest absolute Gasteiger partial charge is 0.394 e. The van der Waals surface area contributed by atoms with Crippen LogP contribution in [0, 0.1) is 11.3 Å². The Balaban J connectivity index is 2.19. The molecule has 84 valence electrons. The van der Waals surface area contributed by atoms with E-state index in [1.165, 1.54) is 11.1 Å². The Hall–Kier alpha value is -1.37. The average Bonchev–Trinajstić information content (AvgIpc) is 2.36. The van der Waals surface area contributed by atoms with E-state index in [4.69, 9.17) is 9.84 Å². The van der Waals surface area contributed by atoms with E-state index in [2.05, 4.69) is 12.1 Å². The number of aryl methyl sites for hydroxylation is 1. The van der Waals surface area contributed by atoms with E-state index < -0.39 is 5.60 Å². The van der Waals surface area contributed by atoms with Crippen molar-refractivity contribution in [3.05, 3.63) is 35.4 Å². The normalized spacial score (nSPS) is 23.5. The van der Waals surface area contributed by atoms with Gasteiger partial charge in [0.15, 0.2) is 5.60 Å². The summed E-state index contributed by atoms with van der Waals surface area (Å²) in [5.74, 6) is 0. The van der Waals surface area contributed by atoms with Crippen LogP contribution < -0.4 is 0 Å². The SMILES string of the molecule is N#CC1(OCCO)CCc2ccccc2C1. The van der Waals surface area contributed by atoms with Gasteiger partial charge in [0.1, 0.15) is 0 Å². The highest BCUT2D eigenvalue weighted by molar-refractivity contribution is 5.33. The maximum absolute atomic E-state index is 9.24. The van der Waals surface area contributed by atoms with Crippen LogP contribution in [0.25, 0.3) is 0 Å². The second-order valence-electron chi connectivity index (χ2n) is 4.12. The summed E-state index contributed by atoms with van der Waals surface area (Å²) in [6.07, 6.45) is 2.20. The second-order valence-corrected chi connectivity index (χ2v) is 4.12. The monoisotopic (exact) mass is 217 g/mol. The van der Waals surface area contributed by atoms with Crippen molar-refractivity contribution in [2.24, 2.45) is 0 Å². The molecular formula is C13H15NO2. The zero-order valence-electron chi connectivity index (χ0n) is 9.15. The molecule has 1 aromatic rings. The lowest BCUT2D eigenvalue weighted by atomic mass is 9.81. The van der Waals surface area contributed by atoms with Gasteiger partial charge in [0.2, 0.25) is 0 Å². The molecule has 1 N–H and O–H groups in total. The van der Waals surface area contributed by atoms with Crippen LogP contribution in [0.15, 0.2) is 24.3 Å². The van der Waals surface area contributed by atoms with Crippen LogP contribution in [0.3, 0.4) is 0 Å². The Morgan fingerprint density at radius 1 is 1.38 bits per heavy atom. The van der Waals surface area contributed by atoms with Gasteiger partial charge < -0.3 is 9.84 Å². The topological polar surface area (TPSA) is 53.2 Å². The molecule has 0 bridgehead atoms. The van der Waals surface area contributed by atoms with E-state index in [0.717, 1.165) is 6.42 Å². The maximum atomic E-state index is 9.24. The number of nitriles is 1. The molecule has 0 radical (unpaired) electrons. The molecule has 3 heteroatoms. The molecule has 1 aromatic carbocycles. The molecule has 3 nitrogen and oxygen atoms in total. The molecule has 0 fully saturated rings. The average molecular weight is 217 g/mol. The fourth-order valence-corrected chi connectivity index (χ4v) is 2.20. The minimum atomic E-state index is -0.739. The highest BCUT2D eigenvalue weighted by atomic mass is 16.5. The summed E-state index contributed by atoms with van der Waals surface area (Å²) in [5.41, 5.74) is 1.76. The number of benzene rings is 1. The van der Waals surface area contributed by atoms with Gasteiger partial charge in [0.25, 0.3) is 0 Å². The minimum Gasteiger partial charge on any atom is -0.394 e. The lowest BCUT2D eigenvalue weighted by Gasteiger charge is -2.32. The zero-order chi connectivity index (χ0) is 11.4. The fraction of sp³-hybridized carbons (Fsp3) is 0.462. The Bertz CT molecular complexity index is 411. The van der Waals surface area contributed by atoms with Crippen molar-refractivity contribution in [2.75, 3.05) is 13.2 Å². The Labute approximate surface area is 95.3 Å². The number of aliphatic hydroxyl groups is 1.